The summed E-state index contributed by atoms with van der Waals surface area (Å²) in [6.07, 6.45) is 9.32. The largest absolute Gasteiger partial charge is 0.292 e. The van der Waals surface area contributed by atoms with Crippen molar-refractivity contribution in [2.75, 3.05) is 26.8 Å². The van der Waals surface area contributed by atoms with Gasteiger partial charge in [-0.3, -0.25) is 9.80 Å². The molecule has 0 unspecified atom stereocenters. The molecule has 1 saturated heterocycles. The molecule has 0 spiro atoms. The van der Waals surface area contributed by atoms with E-state index in [9.17, 15) is 0 Å². The van der Waals surface area contributed by atoms with Crippen LogP contribution in [0.5, 0.6) is 0 Å². The molecule has 1 aliphatic heterocycles. The maximum absolute atomic E-state index is 2.84. The second-order valence-electron chi connectivity index (χ2n) is 7.13. The molecule has 2 heteroatoms. The van der Waals surface area contributed by atoms with Crippen molar-refractivity contribution in [1.82, 2.24) is 9.80 Å². The molecule has 0 aromatic rings. The van der Waals surface area contributed by atoms with Gasteiger partial charge in [0.1, 0.15) is 0 Å². The minimum Gasteiger partial charge on any atom is -0.292 e. The fourth-order valence-corrected chi connectivity index (χ4v) is 5.56. The van der Waals surface area contributed by atoms with Crippen LogP contribution in [0.2, 0.25) is 0 Å². The zero-order valence-electron chi connectivity index (χ0n) is 10.5. The Morgan fingerprint density at radius 1 is 0.875 bits per heavy atom. The summed E-state index contributed by atoms with van der Waals surface area (Å²) < 4.78 is 0. The molecule has 5 aliphatic rings. The van der Waals surface area contributed by atoms with Crippen LogP contribution in [0.15, 0.2) is 0 Å². The van der Waals surface area contributed by atoms with Crippen LogP contribution < -0.4 is 0 Å². The number of nitrogens with zero attached hydrogens (tertiary/aromatic N) is 2. The molecule has 1 heterocycles. The molecule has 90 valence electrons. The predicted molar refractivity (Wildman–Crippen MR) is 65.1 cm³/mol. The molecule has 2 nitrogen and oxygen atoms in total. The number of hydrogen-bond donors (Lipinski definition) is 0. The van der Waals surface area contributed by atoms with Crippen molar-refractivity contribution in [1.29, 1.82) is 0 Å². The molecule has 0 N–H and O–H groups in total. The van der Waals surface area contributed by atoms with Crippen molar-refractivity contribution in [2.24, 2.45) is 17.8 Å². The summed E-state index contributed by atoms with van der Waals surface area (Å²) in [7, 11) is 2.28. The Morgan fingerprint density at radius 2 is 1.44 bits per heavy atom. The van der Waals surface area contributed by atoms with Gasteiger partial charge < -0.3 is 0 Å². The smallest absolute Gasteiger partial charge is 0.0509 e. The maximum Gasteiger partial charge on any atom is 0.0509 e. The third kappa shape index (κ3) is 1.32. The molecule has 0 aromatic heterocycles. The molecule has 0 amide bonds. The zero-order chi connectivity index (χ0) is 10.8. The number of rotatable bonds is 1. The first-order chi connectivity index (χ1) is 7.73. The van der Waals surface area contributed by atoms with Crippen LogP contribution in [-0.2, 0) is 0 Å². The summed E-state index contributed by atoms with van der Waals surface area (Å²) in [4.78, 5) is 5.34. The Bertz CT molecular complexity index is 264. The fraction of sp³-hybridized carbons (Fsp3) is 1.00. The van der Waals surface area contributed by atoms with Crippen LogP contribution >= 0.6 is 0 Å². The zero-order valence-corrected chi connectivity index (χ0v) is 10.5. The first-order valence-electron chi connectivity index (χ1n) is 7.17. The lowest BCUT2D eigenvalue weighted by Crippen LogP contribution is -2.59. The van der Waals surface area contributed by atoms with E-state index >= 15 is 0 Å². The second-order valence-corrected chi connectivity index (χ2v) is 7.13. The van der Waals surface area contributed by atoms with Crippen molar-refractivity contribution in [3.63, 3.8) is 0 Å². The summed E-state index contributed by atoms with van der Waals surface area (Å²) in [6.45, 7) is 3.87. The summed E-state index contributed by atoms with van der Waals surface area (Å²) in [5.74, 6) is 3.28. The number of hydrogen-bond acceptors (Lipinski definition) is 2. The Hall–Kier alpha value is -0.0800. The molecule has 0 atom stereocenters. The van der Waals surface area contributed by atoms with E-state index < -0.39 is 0 Å². The van der Waals surface area contributed by atoms with Crippen LogP contribution in [0.1, 0.15) is 38.5 Å². The average molecular weight is 220 g/mol. The van der Waals surface area contributed by atoms with E-state index in [1.807, 2.05) is 0 Å². The number of likely N-dealkylation sites (N-methyl/N-ethyl adjacent to an activating group) is 1. The van der Waals surface area contributed by atoms with Gasteiger partial charge in [0.15, 0.2) is 0 Å². The minimum absolute atomic E-state index is 0.652. The van der Waals surface area contributed by atoms with E-state index in [1.165, 1.54) is 39.0 Å². The van der Waals surface area contributed by atoms with E-state index in [0.717, 1.165) is 17.8 Å². The SMILES string of the molecule is CN1CCN(C23CC4CC(CC(C4)C2)C3)C1. The van der Waals surface area contributed by atoms with Gasteiger partial charge in [0.2, 0.25) is 0 Å². The summed E-state index contributed by atoms with van der Waals surface area (Å²) in [6, 6.07) is 0. The highest BCUT2D eigenvalue weighted by atomic mass is 15.4. The Kier molecular flexibility index (Phi) is 2.00. The molecule has 4 aliphatic carbocycles. The van der Waals surface area contributed by atoms with Gasteiger partial charge in [0, 0.05) is 18.6 Å². The lowest BCUT2D eigenvalue weighted by atomic mass is 9.52. The third-order valence-corrected chi connectivity index (χ3v) is 5.84. The van der Waals surface area contributed by atoms with Gasteiger partial charge in [-0.2, -0.15) is 0 Å². The molecule has 4 saturated carbocycles. The van der Waals surface area contributed by atoms with E-state index in [2.05, 4.69) is 16.8 Å². The molecule has 0 aromatic carbocycles. The molecule has 5 rings (SSSR count). The molecular weight excluding hydrogens is 196 g/mol. The van der Waals surface area contributed by atoms with Crippen molar-refractivity contribution >= 4 is 0 Å². The monoisotopic (exact) mass is 220 g/mol. The van der Waals surface area contributed by atoms with E-state index in [1.54, 1.807) is 19.3 Å². The van der Waals surface area contributed by atoms with E-state index in [4.69, 9.17) is 0 Å². The fourth-order valence-electron chi connectivity index (χ4n) is 5.56. The molecular formula is C14H24N2. The predicted octanol–water partition coefficient (Wildman–Crippen LogP) is 2.16. The van der Waals surface area contributed by atoms with Crippen LogP contribution in [-0.4, -0.2) is 42.1 Å². The van der Waals surface area contributed by atoms with E-state index in [-0.39, 0.29) is 0 Å². The highest BCUT2D eigenvalue weighted by molar-refractivity contribution is 5.08. The Labute approximate surface area is 99.0 Å². The molecule has 5 fully saturated rings. The Morgan fingerprint density at radius 3 is 1.88 bits per heavy atom. The van der Waals surface area contributed by atoms with Crippen LogP contribution in [0, 0.1) is 17.8 Å². The van der Waals surface area contributed by atoms with Crippen molar-refractivity contribution < 1.29 is 0 Å². The minimum atomic E-state index is 0.652. The molecule has 4 bridgehead atoms. The van der Waals surface area contributed by atoms with Crippen molar-refractivity contribution in [3.05, 3.63) is 0 Å². The van der Waals surface area contributed by atoms with Crippen molar-refractivity contribution in [2.45, 2.75) is 44.1 Å². The van der Waals surface area contributed by atoms with E-state index in [0.29, 0.717) is 5.54 Å². The maximum atomic E-state index is 2.84. The van der Waals surface area contributed by atoms with Gasteiger partial charge in [-0.15, -0.1) is 0 Å². The molecule has 16 heavy (non-hydrogen) atoms. The molecule has 0 radical (unpaired) electrons. The van der Waals surface area contributed by atoms with Crippen LogP contribution in [0.4, 0.5) is 0 Å². The lowest BCUT2D eigenvalue weighted by molar-refractivity contribution is -0.0842. The van der Waals surface area contributed by atoms with Gasteiger partial charge in [0.05, 0.1) is 6.67 Å². The normalized spacial score (nSPS) is 52.7. The highest BCUT2D eigenvalue weighted by Gasteiger charge is 2.54. The first kappa shape index (κ1) is 9.90. The quantitative estimate of drug-likeness (QED) is 0.668. The lowest BCUT2D eigenvalue weighted by Gasteiger charge is -2.60. The second kappa shape index (κ2) is 3.23. The van der Waals surface area contributed by atoms with Gasteiger partial charge in [-0.1, -0.05) is 0 Å². The average Bonchev–Trinajstić information content (AvgIpc) is 2.63. The van der Waals surface area contributed by atoms with Crippen LogP contribution in [0.3, 0.4) is 0 Å². The third-order valence-electron chi connectivity index (χ3n) is 5.84. The van der Waals surface area contributed by atoms with Gasteiger partial charge in [0.25, 0.3) is 0 Å². The Balaban J connectivity index is 1.61. The summed E-state index contributed by atoms with van der Waals surface area (Å²) >= 11 is 0. The van der Waals surface area contributed by atoms with Gasteiger partial charge >= 0.3 is 0 Å². The van der Waals surface area contributed by atoms with Crippen molar-refractivity contribution in [3.8, 4) is 0 Å². The first-order valence-corrected chi connectivity index (χ1v) is 7.17. The highest BCUT2D eigenvalue weighted by Crippen LogP contribution is 2.57. The van der Waals surface area contributed by atoms with Gasteiger partial charge in [-0.25, -0.2) is 0 Å². The standard InChI is InChI=1S/C14H24N2/c1-15-2-3-16(10-15)14-7-11-4-12(8-14)6-13(5-11)9-14/h11-13H,2-10H2,1H3. The summed E-state index contributed by atoms with van der Waals surface area (Å²) in [5.41, 5.74) is 0.652. The van der Waals surface area contributed by atoms with Gasteiger partial charge in [-0.05, 0) is 63.3 Å². The van der Waals surface area contributed by atoms with Crippen LogP contribution in [0.25, 0.3) is 0 Å². The topological polar surface area (TPSA) is 6.48 Å². The summed E-state index contributed by atoms with van der Waals surface area (Å²) in [5, 5.41) is 0.